The molecule has 0 bridgehead atoms. The Morgan fingerprint density at radius 2 is 1.69 bits per heavy atom. The zero-order chi connectivity index (χ0) is 20.6. The van der Waals surface area contributed by atoms with Crippen LogP contribution in [0.15, 0.2) is 77.9 Å². The molecule has 0 fully saturated rings. The van der Waals surface area contributed by atoms with Crippen molar-refractivity contribution in [2.24, 2.45) is 5.10 Å². The summed E-state index contributed by atoms with van der Waals surface area (Å²) in [6.45, 7) is 0. The third kappa shape index (κ3) is 5.67. The first-order chi connectivity index (χ1) is 14.0. The molecule has 0 spiro atoms. The lowest BCUT2D eigenvalue weighted by Gasteiger charge is -2.06. The van der Waals surface area contributed by atoms with Gasteiger partial charge in [-0.1, -0.05) is 29.8 Å². The molecule has 146 valence electrons. The van der Waals surface area contributed by atoms with Gasteiger partial charge in [-0.3, -0.25) is 9.59 Å². The van der Waals surface area contributed by atoms with Crippen LogP contribution in [-0.4, -0.2) is 25.1 Å². The van der Waals surface area contributed by atoms with Crippen LogP contribution in [0.5, 0.6) is 5.75 Å². The molecule has 0 radical (unpaired) electrons. The fourth-order valence-electron chi connectivity index (χ4n) is 2.49. The number of benzene rings is 3. The van der Waals surface area contributed by atoms with Crippen LogP contribution in [0.2, 0.25) is 5.02 Å². The third-order valence-electron chi connectivity index (χ3n) is 3.97. The fourth-order valence-corrected chi connectivity index (χ4v) is 2.68. The quantitative estimate of drug-likeness (QED) is 0.470. The summed E-state index contributed by atoms with van der Waals surface area (Å²) in [6.07, 6.45) is 1.53. The van der Waals surface area contributed by atoms with Crippen molar-refractivity contribution in [3.63, 3.8) is 0 Å². The highest BCUT2D eigenvalue weighted by Gasteiger charge is 2.08. The predicted octanol–water partition coefficient (Wildman–Crippen LogP) is 4.36. The van der Waals surface area contributed by atoms with Crippen molar-refractivity contribution < 1.29 is 14.3 Å². The maximum absolute atomic E-state index is 12.2. The Balaban J connectivity index is 1.58. The predicted molar refractivity (Wildman–Crippen MR) is 114 cm³/mol. The normalized spacial score (nSPS) is 10.6. The van der Waals surface area contributed by atoms with Gasteiger partial charge in [0.1, 0.15) is 5.75 Å². The van der Waals surface area contributed by atoms with E-state index in [1.807, 2.05) is 18.2 Å². The minimum Gasteiger partial charge on any atom is -0.497 e. The van der Waals surface area contributed by atoms with Crippen molar-refractivity contribution in [1.29, 1.82) is 0 Å². The van der Waals surface area contributed by atoms with Crippen molar-refractivity contribution >= 4 is 35.3 Å². The Kier molecular flexibility index (Phi) is 6.60. The summed E-state index contributed by atoms with van der Waals surface area (Å²) in [5.74, 6) is 0.0557. The summed E-state index contributed by atoms with van der Waals surface area (Å²) in [4.78, 5) is 24.4. The molecule has 0 aliphatic carbocycles. The second-order valence-electron chi connectivity index (χ2n) is 6.02. The number of amides is 2. The number of carbonyl (C=O) groups is 2. The first kappa shape index (κ1) is 20.1. The Morgan fingerprint density at radius 3 is 2.41 bits per heavy atom. The van der Waals surface area contributed by atoms with Gasteiger partial charge in [0.25, 0.3) is 11.8 Å². The number of methoxy groups -OCH3 is 1. The van der Waals surface area contributed by atoms with Gasteiger partial charge in [0.15, 0.2) is 0 Å². The molecule has 7 heteroatoms. The molecule has 2 amide bonds. The van der Waals surface area contributed by atoms with Crippen LogP contribution in [0.25, 0.3) is 0 Å². The van der Waals surface area contributed by atoms with Gasteiger partial charge in [0.2, 0.25) is 0 Å². The molecule has 6 nitrogen and oxygen atoms in total. The number of rotatable bonds is 6. The van der Waals surface area contributed by atoms with Crippen LogP contribution in [0.3, 0.4) is 0 Å². The van der Waals surface area contributed by atoms with Crippen LogP contribution in [-0.2, 0) is 0 Å². The summed E-state index contributed by atoms with van der Waals surface area (Å²) in [5.41, 5.74) is 4.68. The summed E-state index contributed by atoms with van der Waals surface area (Å²) in [7, 11) is 1.58. The molecule has 0 unspecified atom stereocenters. The van der Waals surface area contributed by atoms with E-state index in [9.17, 15) is 9.59 Å². The minimum atomic E-state index is -0.364. The van der Waals surface area contributed by atoms with E-state index in [2.05, 4.69) is 15.8 Å². The monoisotopic (exact) mass is 407 g/mol. The van der Waals surface area contributed by atoms with E-state index in [0.717, 1.165) is 5.56 Å². The second-order valence-corrected chi connectivity index (χ2v) is 6.45. The van der Waals surface area contributed by atoms with Gasteiger partial charge in [-0.2, -0.15) is 5.10 Å². The molecule has 3 aromatic carbocycles. The van der Waals surface area contributed by atoms with E-state index >= 15 is 0 Å². The molecule has 3 rings (SSSR count). The molecule has 0 aliphatic heterocycles. The molecule has 0 aromatic heterocycles. The highest BCUT2D eigenvalue weighted by molar-refractivity contribution is 6.31. The molecule has 0 saturated heterocycles. The van der Waals surface area contributed by atoms with E-state index in [-0.39, 0.29) is 11.8 Å². The average Bonchev–Trinajstić information content (AvgIpc) is 2.74. The van der Waals surface area contributed by atoms with Crippen molar-refractivity contribution in [1.82, 2.24) is 5.43 Å². The van der Waals surface area contributed by atoms with Crippen molar-refractivity contribution in [2.45, 2.75) is 0 Å². The third-order valence-corrected chi connectivity index (χ3v) is 4.20. The van der Waals surface area contributed by atoms with Gasteiger partial charge < -0.3 is 10.1 Å². The smallest absolute Gasteiger partial charge is 0.271 e. The lowest BCUT2D eigenvalue weighted by molar-refractivity contribution is 0.0954. The molecule has 2 N–H and O–H groups in total. The van der Waals surface area contributed by atoms with E-state index in [1.165, 1.54) is 6.21 Å². The maximum Gasteiger partial charge on any atom is 0.271 e. The zero-order valence-corrected chi connectivity index (χ0v) is 16.3. The van der Waals surface area contributed by atoms with E-state index in [4.69, 9.17) is 16.3 Å². The largest absolute Gasteiger partial charge is 0.497 e. The molecule has 0 aliphatic rings. The maximum atomic E-state index is 12.2. The Morgan fingerprint density at radius 1 is 0.931 bits per heavy atom. The molecular formula is C22H18ClN3O3. The number of nitrogens with one attached hydrogen (secondary N) is 2. The number of halogens is 1. The first-order valence-corrected chi connectivity index (χ1v) is 9.07. The number of carbonyl (C=O) groups excluding carboxylic acids is 2. The average molecular weight is 408 g/mol. The van der Waals surface area contributed by atoms with Crippen LogP contribution < -0.4 is 15.5 Å². The summed E-state index contributed by atoms with van der Waals surface area (Å²) in [6, 6.07) is 20.4. The molecular weight excluding hydrogens is 390 g/mol. The number of hydrogen-bond donors (Lipinski definition) is 2. The highest BCUT2D eigenvalue weighted by atomic mass is 35.5. The second kappa shape index (κ2) is 9.52. The molecule has 0 atom stereocenters. The van der Waals surface area contributed by atoms with E-state index in [0.29, 0.717) is 27.6 Å². The van der Waals surface area contributed by atoms with E-state index in [1.54, 1.807) is 61.7 Å². The Hall–Kier alpha value is -3.64. The fraction of sp³-hybridized carbons (Fsp3) is 0.0455. The summed E-state index contributed by atoms with van der Waals surface area (Å²) in [5, 5.41) is 7.19. The number of nitrogens with zero attached hydrogens (tertiary/aromatic N) is 1. The molecule has 0 heterocycles. The number of ether oxygens (including phenoxy) is 1. The summed E-state index contributed by atoms with van der Waals surface area (Å²) >= 11 is 5.90. The Bertz CT molecular complexity index is 1050. The standard InChI is InChI=1S/C22H18ClN3O3/c1-29-20-7-2-4-15(12-20)14-24-26-22(28)16-8-10-19(11-9-16)25-21(27)17-5-3-6-18(23)13-17/h2-14H,1H3,(H,25,27)(H,26,28). The van der Waals surface area contributed by atoms with Crippen LogP contribution >= 0.6 is 11.6 Å². The zero-order valence-electron chi connectivity index (χ0n) is 15.6. The Labute approximate surface area is 173 Å². The van der Waals surface area contributed by atoms with Gasteiger partial charge in [-0.15, -0.1) is 0 Å². The highest BCUT2D eigenvalue weighted by Crippen LogP contribution is 2.15. The lowest BCUT2D eigenvalue weighted by atomic mass is 10.1. The van der Waals surface area contributed by atoms with Crippen molar-refractivity contribution in [3.05, 3.63) is 94.5 Å². The van der Waals surface area contributed by atoms with Gasteiger partial charge >= 0.3 is 0 Å². The number of anilines is 1. The van der Waals surface area contributed by atoms with Crippen LogP contribution in [0.4, 0.5) is 5.69 Å². The van der Waals surface area contributed by atoms with E-state index < -0.39 is 0 Å². The SMILES string of the molecule is COc1cccc(C=NNC(=O)c2ccc(NC(=O)c3cccc(Cl)c3)cc2)c1. The molecule has 0 saturated carbocycles. The van der Waals surface area contributed by atoms with Gasteiger partial charge in [-0.05, 0) is 60.2 Å². The van der Waals surface area contributed by atoms with Gasteiger partial charge in [0.05, 0.1) is 13.3 Å². The van der Waals surface area contributed by atoms with Gasteiger partial charge in [-0.25, -0.2) is 5.43 Å². The number of hydrazone groups is 1. The van der Waals surface area contributed by atoms with Crippen LogP contribution in [0.1, 0.15) is 26.3 Å². The summed E-state index contributed by atoms with van der Waals surface area (Å²) < 4.78 is 5.14. The van der Waals surface area contributed by atoms with Crippen molar-refractivity contribution in [2.75, 3.05) is 12.4 Å². The number of hydrogen-bond acceptors (Lipinski definition) is 4. The van der Waals surface area contributed by atoms with Gasteiger partial charge in [0, 0.05) is 21.8 Å². The van der Waals surface area contributed by atoms with Crippen LogP contribution in [0, 0.1) is 0 Å². The first-order valence-electron chi connectivity index (χ1n) is 8.69. The minimum absolute atomic E-state index is 0.285. The lowest BCUT2D eigenvalue weighted by Crippen LogP contribution is -2.17. The topological polar surface area (TPSA) is 79.8 Å². The molecule has 3 aromatic rings. The molecule has 29 heavy (non-hydrogen) atoms. The van der Waals surface area contributed by atoms with Crippen molar-refractivity contribution in [3.8, 4) is 5.75 Å².